The third-order valence-electron chi connectivity index (χ3n) is 5.10. The Balaban J connectivity index is 2.41. The van der Waals surface area contributed by atoms with E-state index < -0.39 is 23.7 Å². The second-order valence-electron chi connectivity index (χ2n) is 6.83. The topological polar surface area (TPSA) is 135 Å². The van der Waals surface area contributed by atoms with Gasteiger partial charge in [0.05, 0.1) is 44.5 Å². The number of nitrogens with zero attached hydrogens (tertiary/aromatic N) is 2. The van der Waals surface area contributed by atoms with Gasteiger partial charge in [0.15, 0.2) is 11.5 Å². The highest BCUT2D eigenvalue weighted by Crippen LogP contribution is 2.44. The van der Waals surface area contributed by atoms with Gasteiger partial charge >= 0.3 is 11.9 Å². The lowest BCUT2D eigenvalue weighted by atomic mass is 9.80. The van der Waals surface area contributed by atoms with Gasteiger partial charge in [-0.2, -0.15) is 5.26 Å². The molecule has 0 spiro atoms. The molecule has 0 saturated carbocycles. The lowest BCUT2D eigenvalue weighted by molar-refractivity contribution is -0.139. The molecule has 0 amide bonds. The predicted octanol–water partition coefficient (Wildman–Crippen LogP) is 2.44. The number of phenolic OH excluding ortho intramolecular Hbond substituents is 1. The van der Waals surface area contributed by atoms with Crippen LogP contribution in [0.15, 0.2) is 65.1 Å². The zero-order valence-corrected chi connectivity index (χ0v) is 18.0. The number of carbonyl (C=O) groups excluding carboxylic acids is 2. The average Bonchev–Trinajstić information content (AvgIpc) is 2.83. The van der Waals surface area contributed by atoms with E-state index in [1.807, 2.05) is 6.07 Å². The maximum absolute atomic E-state index is 13.5. The minimum Gasteiger partial charge on any atom is -0.504 e. The number of rotatable bonds is 5. The fraction of sp³-hybridized carbons (Fsp3) is 0.174. The lowest BCUT2D eigenvalue weighted by Gasteiger charge is -2.35. The van der Waals surface area contributed by atoms with Crippen LogP contribution in [0.5, 0.6) is 11.5 Å². The van der Waals surface area contributed by atoms with Crippen molar-refractivity contribution in [3.05, 3.63) is 76.5 Å². The Bertz CT molecular complexity index is 1210. The average molecular weight is 453 g/mol. The molecule has 0 fully saturated rings. The number of nitriles is 1. The number of carbonyl (C=O) groups is 2. The summed E-state index contributed by atoms with van der Waals surface area (Å²) in [5, 5.41) is 20.0. The maximum Gasteiger partial charge on any atom is 0.355 e. The Kier molecular flexibility index (Phi) is 6.53. The highest BCUT2D eigenvalue weighted by molar-refractivity contribution is 6.06. The number of nitrogens with two attached hydrogens (primary N) is 1. The zero-order chi connectivity index (χ0) is 24.3. The van der Waals surface area contributed by atoms with Crippen LogP contribution >= 0.6 is 0 Å². The smallest absolute Gasteiger partial charge is 0.355 e. The summed E-state index contributed by atoms with van der Waals surface area (Å²) in [5.74, 6) is -3.80. The molecule has 0 unspecified atom stereocenters. The molecule has 170 valence electrons. The molecular formula is C23H20FN3O6. The van der Waals surface area contributed by atoms with Crippen LogP contribution < -0.4 is 15.4 Å². The lowest BCUT2D eigenvalue weighted by Crippen LogP contribution is -2.40. The second kappa shape index (κ2) is 9.32. The number of benzene rings is 2. The predicted molar refractivity (Wildman–Crippen MR) is 114 cm³/mol. The molecule has 0 aliphatic carbocycles. The molecule has 9 nitrogen and oxygen atoms in total. The van der Waals surface area contributed by atoms with Gasteiger partial charge in [0.1, 0.15) is 17.3 Å². The maximum atomic E-state index is 13.5. The van der Waals surface area contributed by atoms with Crippen molar-refractivity contribution in [1.29, 1.82) is 5.26 Å². The van der Waals surface area contributed by atoms with E-state index in [1.54, 1.807) is 0 Å². The first kappa shape index (κ1) is 23.1. The third-order valence-corrected chi connectivity index (χ3v) is 5.10. The Morgan fingerprint density at radius 2 is 1.73 bits per heavy atom. The minimum absolute atomic E-state index is 0.0770. The van der Waals surface area contributed by atoms with Crippen molar-refractivity contribution in [2.45, 2.75) is 5.92 Å². The molecule has 0 aromatic heterocycles. The van der Waals surface area contributed by atoms with E-state index in [0.29, 0.717) is 5.56 Å². The van der Waals surface area contributed by atoms with Crippen molar-refractivity contribution in [2.75, 3.05) is 26.2 Å². The monoisotopic (exact) mass is 453 g/mol. The fourth-order valence-corrected chi connectivity index (χ4v) is 3.60. The Labute approximate surface area is 188 Å². The van der Waals surface area contributed by atoms with Gasteiger partial charge in [0.2, 0.25) is 0 Å². The standard InChI is InChI=1S/C23H20FN3O6/c1-31-17-10-12(4-9-16(17)28)18-15(11-25)21(26)27(14-7-5-13(24)6-8-14)20(23(30)33-3)19(18)22(29)32-2/h4-10,18,28H,26H2,1-3H3/t18-/m0/s1. The third kappa shape index (κ3) is 4.04. The molecule has 3 N–H and O–H groups in total. The Morgan fingerprint density at radius 1 is 1.09 bits per heavy atom. The number of allylic oxidation sites excluding steroid dienone is 1. The summed E-state index contributed by atoms with van der Waals surface area (Å²) < 4.78 is 28.5. The molecule has 0 saturated heterocycles. The van der Waals surface area contributed by atoms with Gasteiger partial charge in [-0.25, -0.2) is 14.0 Å². The van der Waals surface area contributed by atoms with Crippen molar-refractivity contribution in [2.24, 2.45) is 5.73 Å². The highest BCUT2D eigenvalue weighted by atomic mass is 19.1. The Hall–Kier alpha value is -4.52. The molecule has 33 heavy (non-hydrogen) atoms. The molecule has 2 aromatic carbocycles. The Morgan fingerprint density at radius 3 is 2.27 bits per heavy atom. The van der Waals surface area contributed by atoms with Gasteiger partial charge < -0.3 is 25.1 Å². The van der Waals surface area contributed by atoms with Crippen LogP contribution in [-0.2, 0) is 19.1 Å². The van der Waals surface area contributed by atoms with Crippen LogP contribution in [0.1, 0.15) is 11.5 Å². The van der Waals surface area contributed by atoms with Crippen LogP contribution in [0.2, 0.25) is 0 Å². The van der Waals surface area contributed by atoms with Crippen LogP contribution in [0.3, 0.4) is 0 Å². The van der Waals surface area contributed by atoms with E-state index in [-0.39, 0.29) is 39.9 Å². The summed E-state index contributed by atoms with van der Waals surface area (Å²) in [7, 11) is 3.57. The summed E-state index contributed by atoms with van der Waals surface area (Å²) in [5.41, 5.74) is 6.26. The molecule has 3 rings (SSSR count). The van der Waals surface area contributed by atoms with Gasteiger partial charge in [-0.1, -0.05) is 6.07 Å². The van der Waals surface area contributed by atoms with E-state index in [0.717, 1.165) is 31.3 Å². The molecule has 10 heteroatoms. The van der Waals surface area contributed by atoms with Crippen LogP contribution in [-0.4, -0.2) is 38.4 Å². The van der Waals surface area contributed by atoms with E-state index in [2.05, 4.69) is 0 Å². The first-order valence-corrected chi connectivity index (χ1v) is 9.52. The summed E-state index contributed by atoms with van der Waals surface area (Å²) in [6.45, 7) is 0. The zero-order valence-electron chi connectivity index (χ0n) is 18.0. The molecule has 1 aliphatic rings. The largest absolute Gasteiger partial charge is 0.504 e. The summed E-state index contributed by atoms with van der Waals surface area (Å²) in [6.07, 6.45) is 0. The number of hydrogen-bond donors (Lipinski definition) is 2. The van der Waals surface area contributed by atoms with Crippen molar-refractivity contribution in [3.8, 4) is 17.6 Å². The molecule has 2 aromatic rings. The van der Waals surface area contributed by atoms with Crippen LogP contribution in [0.25, 0.3) is 0 Å². The van der Waals surface area contributed by atoms with Gasteiger partial charge in [0.25, 0.3) is 0 Å². The van der Waals surface area contributed by atoms with E-state index in [4.69, 9.17) is 19.9 Å². The fourth-order valence-electron chi connectivity index (χ4n) is 3.60. The van der Waals surface area contributed by atoms with Gasteiger partial charge in [-0.3, -0.25) is 4.90 Å². The second-order valence-corrected chi connectivity index (χ2v) is 6.83. The number of phenols is 1. The summed E-state index contributed by atoms with van der Waals surface area (Å²) in [6, 6.07) is 11.1. The number of hydrogen-bond acceptors (Lipinski definition) is 9. The summed E-state index contributed by atoms with van der Waals surface area (Å²) in [4.78, 5) is 27.0. The molecule has 0 radical (unpaired) electrons. The molecule has 0 bridgehead atoms. The number of esters is 2. The first-order valence-electron chi connectivity index (χ1n) is 9.52. The van der Waals surface area contributed by atoms with E-state index in [1.165, 1.54) is 37.4 Å². The number of methoxy groups -OCH3 is 3. The van der Waals surface area contributed by atoms with Crippen LogP contribution in [0.4, 0.5) is 10.1 Å². The van der Waals surface area contributed by atoms with Crippen LogP contribution in [0, 0.1) is 17.1 Å². The van der Waals surface area contributed by atoms with Crippen molar-refractivity contribution in [1.82, 2.24) is 0 Å². The number of halogens is 1. The first-order chi connectivity index (χ1) is 15.8. The number of ether oxygens (including phenoxy) is 3. The molecule has 1 aliphatic heterocycles. The quantitative estimate of drug-likeness (QED) is 0.654. The van der Waals surface area contributed by atoms with Gasteiger partial charge in [-0.05, 0) is 42.0 Å². The minimum atomic E-state index is -1.15. The molecule has 1 atom stereocenters. The molecular weight excluding hydrogens is 433 g/mol. The highest BCUT2D eigenvalue weighted by Gasteiger charge is 2.43. The van der Waals surface area contributed by atoms with Crippen molar-refractivity contribution < 1.29 is 33.3 Å². The normalized spacial score (nSPS) is 15.7. The van der Waals surface area contributed by atoms with Gasteiger partial charge in [0, 0.05) is 5.69 Å². The van der Waals surface area contributed by atoms with Crippen molar-refractivity contribution in [3.63, 3.8) is 0 Å². The van der Waals surface area contributed by atoms with E-state index >= 15 is 0 Å². The molecule has 1 heterocycles. The van der Waals surface area contributed by atoms with E-state index in [9.17, 15) is 24.3 Å². The van der Waals surface area contributed by atoms with Gasteiger partial charge in [-0.15, -0.1) is 0 Å². The SMILES string of the molecule is COC(=O)C1=C(C(=O)OC)N(c2ccc(F)cc2)C(N)=C(C#N)[C@@H]1c1ccc(O)c(OC)c1. The number of aromatic hydroxyl groups is 1. The van der Waals surface area contributed by atoms with Crippen molar-refractivity contribution >= 4 is 17.6 Å². The summed E-state index contributed by atoms with van der Waals surface area (Å²) >= 11 is 0. The number of anilines is 1.